The first-order valence-corrected chi connectivity index (χ1v) is 10.4. The molecule has 4 amide bonds. The van der Waals surface area contributed by atoms with E-state index in [2.05, 4.69) is 10.6 Å². The van der Waals surface area contributed by atoms with Gasteiger partial charge in [-0.15, -0.1) is 0 Å². The Morgan fingerprint density at radius 1 is 0.906 bits per heavy atom. The van der Waals surface area contributed by atoms with Crippen LogP contribution in [-0.2, 0) is 9.59 Å². The van der Waals surface area contributed by atoms with E-state index < -0.39 is 23.8 Å². The lowest BCUT2D eigenvalue weighted by atomic mass is 10.1. The Bertz CT molecular complexity index is 1040. The summed E-state index contributed by atoms with van der Waals surface area (Å²) in [6.45, 7) is 7.55. The van der Waals surface area contributed by atoms with Crippen LogP contribution in [0.4, 0.5) is 0 Å². The van der Waals surface area contributed by atoms with Crippen molar-refractivity contribution >= 4 is 23.6 Å². The van der Waals surface area contributed by atoms with Crippen molar-refractivity contribution in [2.45, 2.75) is 33.7 Å². The van der Waals surface area contributed by atoms with Gasteiger partial charge >= 0.3 is 0 Å². The molecule has 1 heterocycles. The second kappa shape index (κ2) is 9.64. The van der Waals surface area contributed by atoms with Crippen LogP contribution in [-0.4, -0.2) is 54.3 Å². The molecule has 3 rings (SSSR count). The Morgan fingerprint density at radius 3 is 2.09 bits per heavy atom. The molecule has 2 aromatic rings. The number of hydrogen-bond donors (Lipinski definition) is 2. The number of imide groups is 1. The second-order valence-corrected chi connectivity index (χ2v) is 7.79. The van der Waals surface area contributed by atoms with Crippen LogP contribution >= 0.6 is 0 Å². The fraction of sp³-hybridized carbons (Fsp3) is 0.333. The predicted molar refractivity (Wildman–Crippen MR) is 119 cm³/mol. The molecule has 1 atom stereocenters. The zero-order valence-electron chi connectivity index (χ0n) is 18.7. The number of carbonyl (C=O) groups is 4. The Balaban J connectivity index is 1.43. The highest BCUT2D eigenvalue weighted by Crippen LogP contribution is 2.26. The van der Waals surface area contributed by atoms with E-state index in [9.17, 15) is 19.2 Å². The SMILES string of the molecule is Cc1ccc(C)c(OCC(=O)NCCNC(=O)C(C)N2C(=O)c3ccccc3C2=O)c1C. The molecule has 168 valence electrons. The minimum absolute atomic E-state index is 0.134. The Kier molecular flexibility index (Phi) is 6.92. The lowest BCUT2D eigenvalue weighted by Gasteiger charge is -2.21. The predicted octanol–water partition coefficient (Wildman–Crippen LogP) is 1.91. The quantitative estimate of drug-likeness (QED) is 0.485. The van der Waals surface area contributed by atoms with Gasteiger partial charge in [0.1, 0.15) is 11.8 Å². The summed E-state index contributed by atoms with van der Waals surface area (Å²) >= 11 is 0. The molecular formula is C24H27N3O5. The van der Waals surface area contributed by atoms with Crippen molar-refractivity contribution in [3.8, 4) is 5.75 Å². The van der Waals surface area contributed by atoms with Gasteiger partial charge in [0, 0.05) is 13.1 Å². The molecule has 0 aliphatic carbocycles. The van der Waals surface area contributed by atoms with Crippen molar-refractivity contribution in [1.29, 1.82) is 0 Å². The summed E-state index contributed by atoms with van der Waals surface area (Å²) < 4.78 is 5.67. The van der Waals surface area contributed by atoms with Gasteiger partial charge in [-0.1, -0.05) is 24.3 Å². The first kappa shape index (κ1) is 23.0. The molecule has 1 aliphatic rings. The van der Waals surface area contributed by atoms with Crippen LogP contribution in [0.1, 0.15) is 44.3 Å². The van der Waals surface area contributed by atoms with Gasteiger partial charge in [0.2, 0.25) is 5.91 Å². The van der Waals surface area contributed by atoms with E-state index >= 15 is 0 Å². The van der Waals surface area contributed by atoms with E-state index in [1.54, 1.807) is 24.3 Å². The fourth-order valence-electron chi connectivity index (χ4n) is 3.55. The number of carbonyl (C=O) groups excluding carboxylic acids is 4. The summed E-state index contributed by atoms with van der Waals surface area (Å²) in [5.41, 5.74) is 3.62. The molecule has 0 saturated carbocycles. The average Bonchev–Trinajstić information content (AvgIpc) is 3.03. The highest BCUT2D eigenvalue weighted by atomic mass is 16.5. The van der Waals surface area contributed by atoms with Crippen LogP contribution in [0.2, 0.25) is 0 Å². The van der Waals surface area contributed by atoms with E-state index in [1.807, 2.05) is 32.9 Å². The highest BCUT2D eigenvalue weighted by molar-refractivity contribution is 6.22. The van der Waals surface area contributed by atoms with E-state index in [4.69, 9.17) is 4.74 Å². The molecule has 2 aromatic carbocycles. The van der Waals surface area contributed by atoms with Crippen molar-refractivity contribution in [1.82, 2.24) is 15.5 Å². The Hall–Kier alpha value is -3.68. The number of hydrogen-bond acceptors (Lipinski definition) is 5. The van der Waals surface area contributed by atoms with Crippen LogP contribution < -0.4 is 15.4 Å². The van der Waals surface area contributed by atoms with E-state index in [-0.39, 0.29) is 25.6 Å². The molecule has 0 saturated heterocycles. The number of aryl methyl sites for hydroxylation is 2. The summed E-state index contributed by atoms with van der Waals surface area (Å²) in [7, 11) is 0. The fourth-order valence-corrected chi connectivity index (χ4v) is 3.55. The van der Waals surface area contributed by atoms with E-state index in [0.29, 0.717) is 16.9 Å². The Labute approximate surface area is 186 Å². The largest absolute Gasteiger partial charge is 0.483 e. The van der Waals surface area contributed by atoms with Gasteiger partial charge in [0.05, 0.1) is 11.1 Å². The van der Waals surface area contributed by atoms with Crippen LogP contribution in [0.5, 0.6) is 5.75 Å². The zero-order chi connectivity index (χ0) is 23.4. The van der Waals surface area contributed by atoms with Gasteiger partial charge in [-0.3, -0.25) is 24.1 Å². The third kappa shape index (κ3) is 4.64. The van der Waals surface area contributed by atoms with Crippen molar-refractivity contribution in [2.75, 3.05) is 19.7 Å². The lowest BCUT2D eigenvalue weighted by Crippen LogP contribution is -2.49. The number of nitrogens with zero attached hydrogens (tertiary/aromatic N) is 1. The lowest BCUT2D eigenvalue weighted by molar-refractivity contribution is -0.125. The Morgan fingerprint density at radius 2 is 1.47 bits per heavy atom. The minimum atomic E-state index is -0.964. The van der Waals surface area contributed by atoms with Crippen molar-refractivity contribution < 1.29 is 23.9 Å². The number of ether oxygens (including phenoxy) is 1. The standard InChI is InChI=1S/C24H27N3O5/c1-14-9-10-15(2)21(16(14)3)32-13-20(28)25-11-12-26-22(29)17(4)27-23(30)18-7-5-6-8-19(18)24(27)31/h5-10,17H,11-13H2,1-4H3,(H,25,28)(H,26,29). The first-order chi connectivity index (χ1) is 15.2. The maximum atomic E-state index is 12.5. The molecular weight excluding hydrogens is 410 g/mol. The maximum absolute atomic E-state index is 12.5. The molecule has 0 spiro atoms. The minimum Gasteiger partial charge on any atom is -0.483 e. The van der Waals surface area contributed by atoms with Crippen molar-refractivity contribution in [3.05, 3.63) is 64.2 Å². The number of benzene rings is 2. The first-order valence-electron chi connectivity index (χ1n) is 10.4. The molecule has 0 aromatic heterocycles. The molecule has 2 N–H and O–H groups in total. The average molecular weight is 437 g/mol. The molecule has 0 radical (unpaired) electrons. The van der Waals surface area contributed by atoms with Gasteiger partial charge in [-0.25, -0.2) is 0 Å². The van der Waals surface area contributed by atoms with Gasteiger partial charge < -0.3 is 15.4 Å². The van der Waals surface area contributed by atoms with Crippen molar-refractivity contribution in [2.24, 2.45) is 0 Å². The third-order valence-electron chi connectivity index (χ3n) is 5.56. The number of nitrogens with one attached hydrogen (secondary N) is 2. The molecule has 0 fully saturated rings. The smallest absolute Gasteiger partial charge is 0.262 e. The van der Waals surface area contributed by atoms with Gasteiger partial charge in [0.15, 0.2) is 6.61 Å². The number of fused-ring (bicyclic) bond motifs is 1. The highest BCUT2D eigenvalue weighted by Gasteiger charge is 2.40. The molecule has 8 nitrogen and oxygen atoms in total. The van der Waals surface area contributed by atoms with Gasteiger partial charge in [-0.2, -0.15) is 0 Å². The van der Waals surface area contributed by atoms with Crippen molar-refractivity contribution in [3.63, 3.8) is 0 Å². The maximum Gasteiger partial charge on any atom is 0.262 e. The molecule has 8 heteroatoms. The topological polar surface area (TPSA) is 105 Å². The molecule has 32 heavy (non-hydrogen) atoms. The monoisotopic (exact) mass is 437 g/mol. The second-order valence-electron chi connectivity index (χ2n) is 7.79. The van der Waals surface area contributed by atoms with Gasteiger partial charge in [0.25, 0.3) is 17.7 Å². The summed E-state index contributed by atoms with van der Waals surface area (Å²) in [6.07, 6.45) is 0. The number of amides is 4. The molecule has 0 bridgehead atoms. The van der Waals surface area contributed by atoms with E-state index in [1.165, 1.54) is 6.92 Å². The normalized spacial score (nSPS) is 13.6. The van der Waals surface area contributed by atoms with E-state index in [0.717, 1.165) is 21.6 Å². The van der Waals surface area contributed by atoms with Gasteiger partial charge in [-0.05, 0) is 56.5 Å². The summed E-state index contributed by atoms with van der Waals surface area (Å²) in [5, 5.41) is 5.32. The molecule has 1 unspecified atom stereocenters. The third-order valence-corrected chi connectivity index (χ3v) is 5.56. The summed E-state index contributed by atoms with van der Waals surface area (Å²) in [6, 6.07) is 9.46. The van der Waals surface area contributed by atoms with Crippen LogP contribution in [0.15, 0.2) is 36.4 Å². The van der Waals surface area contributed by atoms with Crippen LogP contribution in [0.25, 0.3) is 0 Å². The summed E-state index contributed by atoms with van der Waals surface area (Å²) in [4.78, 5) is 50.4. The zero-order valence-corrected chi connectivity index (χ0v) is 18.7. The molecule has 1 aliphatic heterocycles. The van der Waals surface area contributed by atoms with Crippen LogP contribution in [0, 0.1) is 20.8 Å². The number of rotatable bonds is 8. The summed E-state index contributed by atoms with van der Waals surface area (Å²) in [5.74, 6) is -1.06. The van der Waals surface area contributed by atoms with Crippen LogP contribution in [0.3, 0.4) is 0 Å².